The molecule has 3 saturated carbocycles. The summed E-state index contributed by atoms with van der Waals surface area (Å²) >= 11 is 0. The van der Waals surface area contributed by atoms with E-state index in [4.69, 9.17) is 14.3 Å². The van der Waals surface area contributed by atoms with Gasteiger partial charge in [0, 0.05) is 80.7 Å². The Bertz CT molecular complexity index is 2010. The topological polar surface area (TPSA) is 139 Å². The number of rotatable bonds is 18. The van der Waals surface area contributed by atoms with Gasteiger partial charge in [-0.15, -0.1) is 0 Å². The Morgan fingerprint density at radius 1 is 1.00 bits per heavy atom. The van der Waals surface area contributed by atoms with Crippen LogP contribution < -0.4 is 20.3 Å². The Balaban J connectivity index is 1.21. The lowest BCUT2D eigenvalue weighted by molar-refractivity contribution is -0.183. The first-order valence-electron chi connectivity index (χ1n) is 23.0. The van der Waals surface area contributed by atoms with E-state index < -0.39 is 24.2 Å². The number of anilines is 1. The van der Waals surface area contributed by atoms with Crippen LogP contribution in [0.1, 0.15) is 62.0 Å². The van der Waals surface area contributed by atoms with Crippen molar-refractivity contribution in [2.45, 2.75) is 83.8 Å². The van der Waals surface area contributed by atoms with Gasteiger partial charge in [0.25, 0.3) is 5.91 Å². The minimum atomic E-state index is -0.919. The van der Waals surface area contributed by atoms with Crippen molar-refractivity contribution in [1.82, 2.24) is 25.5 Å². The molecule has 0 radical (unpaired) electrons. The summed E-state index contributed by atoms with van der Waals surface area (Å²) in [5.74, 6) is 1.01. The van der Waals surface area contributed by atoms with E-state index in [-0.39, 0.29) is 42.5 Å². The lowest BCUT2D eigenvalue weighted by Gasteiger charge is -2.62. The van der Waals surface area contributed by atoms with Gasteiger partial charge in [0.2, 0.25) is 5.91 Å². The lowest BCUT2D eigenvalue weighted by Crippen LogP contribution is -2.62. The average molecular weight is 869 g/mol. The third kappa shape index (κ3) is 10.7. The molecule has 13 nitrogen and oxygen atoms in total. The Kier molecular flexibility index (Phi) is 15.2. The van der Waals surface area contributed by atoms with Crippen molar-refractivity contribution in [3.63, 3.8) is 0 Å². The van der Waals surface area contributed by atoms with Gasteiger partial charge in [-0.2, -0.15) is 5.06 Å². The smallest absolute Gasteiger partial charge is 0.251 e. The van der Waals surface area contributed by atoms with Gasteiger partial charge in [-0.25, -0.2) is 0 Å². The molecule has 3 aromatic carbocycles. The summed E-state index contributed by atoms with van der Waals surface area (Å²) in [6.45, 7) is 13.2. The van der Waals surface area contributed by atoms with Crippen LogP contribution >= 0.6 is 0 Å². The Morgan fingerprint density at radius 2 is 1.75 bits per heavy atom. The molecule has 5 aliphatic rings. The van der Waals surface area contributed by atoms with Crippen LogP contribution in [-0.4, -0.2) is 148 Å². The number of likely N-dealkylation sites (N-methyl/N-ethyl adjacent to an activating group) is 1. The number of aliphatic hydroxyl groups is 2. The number of carbonyl (C=O) groups is 2. The molecule has 63 heavy (non-hydrogen) atoms. The van der Waals surface area contributed by atoms with Crippen LogP contribution in [0.5, 0.6) is 5.75 Å². The van der Waals surface area contributed by atoms with Gasteiger partial charge in [-0.1, -0.05) is 69.3 Å². The number of hydrogen-bond acceptors (Lipinski definition) is 11. The van der Waals surface area contributed by atoms with Crippen LogP contribution in [-0.2, 0) is 27.3 Å². The largest absolute Gasteiger partial charge is 0.491 e. The highest BCUT2D eigenvalue weighted by molar-refractivity contribution is 5.97. The van der Waals surface area contributed by atoms with Gasteiger partial charge in [-0.05, 0) is 92.8 Å². The van der Waals surface area contributed by atoms with Crippen molar-refractivity contribution in [1.29, 1.82) is 0 Å². The number of fused-ring (bicyclic) bond motifs is 2. The number of para-hydroxylation sites is 1. The minimum absolute atomic E-state index is 0.0215. The highest BCUT2D eigenvalue weighted by Crippen LogP contribution is 2.61. The number of benzene rings is 3. The summed E-state index contributed by atoms with van der Waals surface area (Å²) in [5, 5.41) is 30.1. The lowest BCUT2D eigenvalue weighted by atomic mass is 9.45. The van der Waals surface area contributed by atoms with E-state index in [0.29, 0.717) is 68.4 Å². The molecule has 344 valence electrons. The van der Waals surface area contributed by atoms with E-state index in [1.807, 2.05) is 81.6 Å². The summed E-state index contributed by atoms with van der Waals surface area (Å²) in [6, 6.07) is 21.1. The SMILES string of the molecule is CC1C(NC(=O)[C@@H]2[C@H]([C@H](C)O)C(CO)ON2Cc2cccc(-c3cc(C(=O)N[C@@H](Cc4ccccc4)CN(C)C)cc(N(C)C)c3)c2OCCN2CCOCC2)C[C@H]2C[C@@H]1C2(C)C. The van der Waals surface area contributed by atoms with E-state index in [0.717, 1.165) is 47.5 Å². The molecule has 3 aromatic rings. The second kappa shape index (κ2) is 20.4. The molecule has 5 fully saturated rings. The van der Waals surface area contributed by atoms with Crippen molar-refractivity contribution in [2.24, 2.45) is 29.1 Å². The molecule has 2 amide bonds. The molecule has 2 bridgehead atoms. The maximum atomic E-state index is 14.6. The molecule has 3 unspecified atom stereocenters. The van der Waals surface area contributed by atoms with E-state index in [2.05, 4.69) is 59.4 Å². The quantitative estimate of drug-likeness (QED) is 0.142. The normalized spacial score (nSPS) is 26.7. The standard InChI is InChI=1S/C50H72N6O7/c1-32-42-27-38(50(42,3)4)28-43(32)52-49(60)46-45(33(2)58)44(31-57)63-56(46)29-35-15-12-16-41(47(35)62-22-19-55-17-20-61-21-18-55)36-24-37(26-40(25-36)54(7)8)48(59)51-39(30-53(5)6)23-34-13-10-9-11-14-34/h9-16,24-26,32-33,38-39,42-46,57-58H,17-23,27-31H2,1-8H3,(H,51,59)(H,52,60)/t32?,33-,38+,39-,42-,43?,44?,45+,46-/m0/s1. The number of ether oxygens (including phenoxy) is 2. The molecule has 2 aliphatic heterocycles. The van der Waals surface area contributed by atoms with Crippen LogP contribution in [0, 0.1) is 29.1 Å². The number of amides is 2. The summed E-state index contributed by atoms with van der Waals surface area (Å²) in [6.07, 6.45) is 1.12. The first kappa shape index (κ1) is 46.9. The summed E-state index contributed by atoms with van der Waals surface area (Å²) in [4.78, 5) is 41.7. The molecule has 0 spiro atoms. The number of hydroxylamine groups is 2. The number of nitrogens with one attached hydrogen (secondary N) is 2. The van der Waals surface area contributed by atoms with Crippen molar-refractivity contribution in [3.8, 4) is 16.9 Å². The zero-order valence-corrected chi connectivity index (χ0v) is 38.8. The first-order valence-corrected chi connectivity index (χ1v) is 23.0. The molecule has 0 aromatic heterocycles. The minimum Gasteiger partial charge on any atom is -0.491 e. The second-order valence-corrected chi connectivity index (χ2v) is 19.6. The molecule has 9 atom stereocenters. The fourth-order valence-electron chi connectivity index (χ4n) is 10.8. The maximum Gasteiger partial charge on any atom is 0.251 e. The van der Waals surface area contributed by atoms with Crippen molar-refractivity contribution in [3.05, 3.63) is 83.4 Å². The van der Waals surface area contributed by atoms with Crippen LogP contribution in [0.25, 0.3) is 11.1 Å². The Morgan fingerprint density at radius 3 is 2.40 bits per heavy atom. The van der Waals surface area contributed by atoms with Gasteiger partial charge in [-0.3, -0.25) is 19.3 Å². The summed E-state index contributed by atoms with van der Waals surface area (Å²) in [5.41, 5.74) is 5.19. The van der Waals surface area contributed by atoms with Gasteiger partial charge in [0.05, 0.1) is 32.5 Å². The van der Waals surface area contributed by atoms with E-state index >= 15 is 0 Å². The Hall–Kier alpha value is -4.08. The van der Waals surface area contributed by atoms with E-state index in [9.17, 15) is 19.8 Å². The first-order chi connectivity index (χ1) is 30.1. The van der Waals surface area contributed by atoms with Gasteiger partial charge in [0.15, 0.2) is 0 Å². The maximum absolute atomic E-state index is 14.6. The number of morpholine rings is 1. The Labute approximate surface area is 375 Å². The monoisotopic (exact) mass is 869 g/mol. The molecule has 4 N–H and O–H groups in total. The molecular weight excluding hydrogens is 797 g/mol. The second-order valence-electron chi connectivity index (χ2n) is 19.6. The molecule has 8 rings (SSSR count). The number of carbonyl (C=O) groups excluding carboxylic acids is 2. The highest BCUT2D eigenvalue weighted by Gasteiger charge is 2.57. The number of hydrogen-bond donors (Lipinski definition) is 4. The molecule has 2 heterocycles. The molecule has 13 heteroatoms. The zero-order valence-electron chi connectivity index (χ0n) is 38.8. The van der Waals surface area contributed by atoms with Crippen LogP contribution in [0.15, 0.2) is 66.7 Å². The molecule has 2 saturated heterocycles. The van der Waals surface area contributed by atoms with Gasteiger partial charge < -0.3 is 40.1 Å². The molecule has 3 aliphatic carbocycles. The van der Waals surface area contributed by atoms with E-state index in [1.165, 1.54) is 6.42 Å². The van der Waals surface area contributed by atoms with Crippen LogP contribution in [0.2, 0.25) is 0 Å². The van der Waals surface area contributed by atoms with Crippen molar-refractivity contribution >= 4 is 17.5 Å². The van der Waals surface area contributed by atoms with Crippen molar-refractivity contribution < 1.29 is 34.1 Å². The molecular formula is C50H72N6O7. The number of aliphatic hydroxyl groups excluding tert-OH is 2. The van der Waals surface area contributed by atoms with Crippen LogP contribution in [0.3, 0.4) is 0 Å². The third-order valence-electron chi connectivity index (χ3n) is 14.5. The number of nitrogens with zero attached hydrogens (tertiary/aromatic N) is 4. The third-order valence-corrected chi connectivity index (χ3v) is 14.5. The van der Waals surface area contributed by atoms with Gasteiger partial charge in [0.1, 0.15) is 24.5 Å². The van der Waals surface area contributed by atoms with E-state index in [1.54, 1.807) is 12.0 Å². The predicted octanol–water partition coefficient (Wildman–Crippen LogP) is 4.69. The summed E-state index contributed by atoms with van der Waals surface area (Å²) < 4.78 is 12.4. The van der Waals surface area contributed by atoms with Gasteiger partial charge >= 0.3 is 0 Å². The summed E-state index contributed by atoms with van der Waals surface area (Å²) in [7, 11) is 7.95. The average Bonchev–Trinajstić information content (AvgIpc) is 3.63. The van der Waals surface area contributed by atoms with Crippen molar-refractivity contribution in [2.75, 3.05) is 85.7 Å². The predicted molar refractivity (Wildman–Crippen MR) is 246 cm³/mol. The fourth-order valence-corrected chi connectivity index (χ4v) is 10.8. The highest BCUT2D eigenvalue weighted by atomic mass is 16.7. The fraction of sp³-hybridized carbons (Fsp3) is 0.600. The zero-order chi connectivity index (χ0) is 45.0. The van der Waals surface area contributed by atoms with Crippen LogP contribution in [0.4, 0.5) is 5.69 Å².